The first-order valence-electron chi connectivity index (χ1n) is 6.98. The molecule has 2 amide bonds. The van der Waals surface area contributed by atoms with Gasteiger partial charge >= 0.3 is 12.2 Å². The monoisotopic (exact) mass is 330 g/mol. The van der Waals surface area contributed by atoms with Gasteiger partial charge in [-0.1, -0.05) is 10.4 Å². The van der Waals surface area contributed by atoms with Gasteiger partial charge in [-0.15, -0.1) is 0 Å². The van der Waals surface area contributed by atoms with Crippen LogP contribution in [0.5, 0.6) is 0 Å². The molecular formula is C10H18N8O5. The number of amides is 2. The lowest BCUT2D eigenvalue weighted by atomic mass is 10.5. The fourth-order valence-corrected chi connectivity index (χ4v) is 1.67. The number of carbonyl (C=O) groups excluding carboxylic acids is 2. The lowest BCUT2D eigenvalue weighted by molar-refractivity contribution is 0.0336. The molecule has 2 heterocycles. The molecule has 2 N–H and O–H groups in total. The first-order chi connectivity index (χ1) is 11.2. The lowest BCUT2D eigenvalue weighted by Crippen LogP contribution is -2.33. The summed E-state index contributed by atoms with van der Waals surface area (Å²) >= 11 is 0. The van der Waals surface area contributed by atoms with E-state index in [9.17, 15) is 9.59 Å². The van der Waals surface area contributed by atoms with Crippen LogP contribution in [-0.2, 0) is 14.2 Å². The van der Waals surface area contributed by atoms with Gasteiger partial charge in [0.1, 0.15) is 0 Å². The highest BCUT2D eigenvalue weighted by Gasteiger charge is 2.11. The lowest BCUT2D eigenvalue weighted by Gasteiger charge is -2.21. The third-order valence-corrected chi connectivity index (χ3v) is 2.79. The van der Waals surface area contributed by atoms with E-state index < -0.39 is 12.2 Å². The van der Waals surface area contributed by atoms with Gasteiger partial charge in [-0.3, -0.25) is 10.0 Å². The predicted octanol–water partition coefficient (Wildman–Crippen LogP) is -0.349. The Morgan fingerprint density at radius 1 is 0.783 bits per heavy atom. The summed E-state index contributed by atoms with van der Waals surface area (Å²) in [6.45, 7) is 4.45. The van der Waals surface area contributed by atoms with E-state index in [1.165, 1.54) is 0 Å². The van der Waals surface area contributed by atoms with Crippen molar-refractivity contribution in [3.8, 4) is 0 Å². The summed E-state index contributed by atoms with van der Waals surface area (Å²) in [4.78, 5) is 22.5. The van der Waals surface area contributed by atoms with Crippen molar-refractivity contribution >= 4 is 12.2 Å². The second kappa shape index (κ2) is 9.47. The highest BCUT2D eigenvalue weighted by molar-refractivity contribution is 5.82. The molecule has 2 aliphatic heterocycles. The minimum absolute atomic E-state index is 0.542. The van der Waals surface area contributed by atoms with E-state index in [4.69, 9.17) is 9.47 Å². The molecule has 0 aliphatic carbocycles. The Bertz CT molecular complexity index is 407. The van der Waals surface area contributed by atoms with Gasteiger partial charge in [0.25, 0.3) is 0 Å². The molecule has 2 fully saturated rings. The summed E-state index contributed by atoms with van der Waals surface area (Å²) in [7, 11) is 0. The molecule has 2 rings (SSSR count). The Hall–Kier alpha value is -2.54. The van der Waals surface area contributed by atoms with Crippen molar-refractivity contribution in [2.75, 3.05) is 52.6 Å². The van der Waals surface area contributed by atoms with Gasteiger partial charge in [0, 0.05) is 0 Å². The summed E-state index contributed by atoms with van der Waals surface area (Å²) in [6.07, 6.45) is -2.16. The standard InChI is InChI=1S/C10H18N8O5/c19-9(11-13-15-17-1-5-21-6-2-17)23-10(20)12-14-16-18-3-7-22-8-4-18/h1-8H2,(H,11,15,19)(H,12,16,20). The normalized spacial score (nSPS) is 19.1. The summed E-state index contributed by atoms with van der Waals surface area (Å²) in [5.74, 6) is 0. The van der Waals surface area contributed by atoms with Crippen molar-refractivity contribution in [2.24, 2.45) is 20.9 Å². The molecule has 0 saturated carbocycles. The predicted molar refractivity (Wildman–Crippen MR) is 72.6 cm³/mol. The van der Waals surface area contributed by atoms with Crippen LogP contribution >= 0.6 is 0 Å². The molecule has 0 aromatic carbocycles. The quantitative estimate of drug-likeness (QED) is 0.407. The van der Waals surface area contributed by atoms with Crippen molar-refractivity contribution in [1.82, 2.24) is 20.9 Å². The van der Waals surface area contributed by atoms with Gasteiger partial charge < -0.3 is 14.2 Å². The molecule has 0 atom stereocenters. The number of rotatable bonds is 4. The average molecular weight is 330 g/mol. The number of carbonyl (C=O) groups is 2. The second-order valence-corrected chi connectivity index (χ2v) is 4.41. The number of nitrogens with zero attached hydrogens (tertiary/aromatic N) is 6. The molecule has 0 bridgehead atoms. The van der Waals surface area contributed by atoms with Crippen LogP contribution in [0.3, 0.4) is 0 Å². The van der Waals surface area contributed by atoms with Crippen molar-refractivity contribution in [1.29, 1.82) is 0 Å². The van der Waals surface area contributed by atoms with Gasteiger partial charge in [0.15, 0.2) is 0 Å². The molecule has 0 unspecified atom stereocenters. The van der Waals surface area contributed by atoms with E-state index in [1.54, 1.807) is 10.0 Å². The van der Waals surface area contributed by atoms with Gasteiger partial charge in [0.2, 0.25) is 0 Å². The first kappa shape index (κ1) is 16.8. The molecule has 0 aromatic rings. The van der Waals surface area contributed by atoms with Crippen molar-refractivity contribution in [2.45, 2.75) is 0 Å². The second-order valence-electron chi connectivity index (χ2n) is 4.41. The molecular weight excluding hydrogens is 312 g/mol. The fraction of sp³-hybridized carbons (Fsp3) is 0.800. The smallest absolute Gasteiger partial charge is 0.378 e. The van der Waals surface area contributed by atoms with Crippen LogP contribution in [-0.4, -0.2) is 74.8 Å². The van der Waals surface area contributed by atoms with Crippen LogP contribution < -0.4 is 10.9 Å². The summed E-state index contributed by atoms with van der Waals surface area (Å²) in [6, 6.07) is 0. The van der Waals surface area contributed by atoms with E-state index in [1.807, 2.05) is 10.9 Å². The number of hydrogen-bond donors (Lipinski definition) is 2. The molecule has 2 aliphatic rings. The third-order valence-electron chi connectivity index (χ3n) is 2.79. The Kier molecular flexibility index (Phi) is 6.93. The Morgan fingerprint density at radius 3 is 1.57 bits per heavy atom. The number of nitrogens with one attached hydrogen (secondary N) is 2. The zero-order valence-electron chi connectivity index (χ0n) is 12.4. The molecule has 2 saturated heterocycles. The molecule has 0 spiro atoms. The van der Waals surface area contributed by atoms with E-state index in [0.717, 1.165) is 0 Å². The largest absolute Gasteiger partial charge is 0.438 e. The van der Waals surface area contributed by atoms with Crippen LogP contribution in [0, 0.1) is 0 Å². The van der Waals surface area contributed by atoms with Crippen molar-refractivity contribution in [3.63, 3.8) is 0 Å². The minimum Gasteiger partial charge on any atom is -0.378 e. The van der Waals surface area contributed by atoms with Crippen LogP contribution in [0.25, 0.3) is 0 Å². The maximum absolute atomic E-state index is 11.3. The van der Waals surface area contributed by atoms with Gasteiger partial charge in [0.05, 0.1) is 52.6 Å². The topological polar surface area (TPSA) is 142 Å². The SMILES string of the molecule is O=C(N/N=N/N1CCOCC1)OC(=O)N/N=N/N1CCOCC1. The average Bonchev–Trinajstić information content (AvgIpc) is 2.57. The van der Waals surface area contributed by atoms with Crippen LogP contribution in [0.4, 0.5) is 9.59 Å². The molecule has 0 radical (unpaired) electrons. The van der Waals surface area contributed by atoms with Gasteiger partial charge in [-0.25, -0.2) is 9.59 Å². The molecule has 0 aromatic heterocycles. The number of hydrogen-bond acceptors (Lipinski definition) is 9. The van der Waals surface area contributed by atoms with E-state index >= 15 is 0 Å². The van der Waals surface area contributed by atoms with Crippen molar-refractivity contribution in [3.05, 3.63) is 0 Å². The van der Waals surface area contributed by atoms with E-state index in [-0.39, 0.29) is 0 Å². The molecule has 13 heteroatoms. The number of morpholine rings is 2. The zero-order valence-corrected chi connectivity index (χ0v) is 12.4. The molecule has 128 valence electrons. The minimum atomic E-state index is -1.08. The molecule has 23 heavy (non-hydrogen) atoms. The van der Waals surface area contributed by atoms with E-state index in [2.05, 4.69) is 25.6 Å². The Balaban J connectivity index is 1.59. The molecule has 13 nitrogen and oxygen atoms in total. The van der Waals surface area contributed by atoms with Crippen molar-refractivity contribution < 1.29 is 23.8 Å². The summed E-state index contributed by atoms with van der Waals surface area (Å²) in [5, 5.41) is 17.5. The van der Waals surface area contributed by atoms with Crippen LogP contribution in [0.1, 0.15) is 0 Å². The maximum atomic E-state index is 11.3. The highest BCUT2D eigenvalue weighted by atomic mass is 16.6. The Morgan fingerprint density at radius 2 is 1.17 bits per heavy atom. The summed E-state index contributed by atoms with van der Waals surface area (Å²) < 4.78 is 14.6. The van der Waals surface area contributed by atoms with Crippen LogP contribution in [0.15, 0.2) is 20.9 Å². The third kappa shape index (κ3) is 6.84. The van der Waals surface area contributed by atoms with Gasteiger partial charge in [-0.05, 0) is 10.4 Å². The fourth-order valence-electron chi connectivity index (χ4n) is 1.67. The van der Waals surface area contributed by atoms with E-state index in [0.29, 0.717) is 52.6 Å². The Labute approximate surface area is 131 Å². The van der Waals surface area contributed by atoms with Gasteiger partial charge in [-0.2, -0.15) is 10.9 Å². The highest BCUT2D eigenvalue weighted by Crippen LogP contribution is 1.97. The first-order valence-corrected chi connectivity index (χ1v) is 6.98. The maximum Gasteiger partial charge on any atom is 0.438 e. The zero-order chi connectivity index (χ0) is 16.3. The summed E-state index contributed by atoms with van der Waals surface area (Å²) in [5.41, 5.74) is 3.91. The van der Waals surface area contributed by atoms with Crippen LogP contribution in [0.2, 0.25) is 0 Å². The number of ether oxygens (including phenoxy) is 3.